The molecule has 0 amide bonds. The molecule has 2 aromatic rings. The standard InChI is InChI=1S/C10H10BrFN4O2S/c11-8-1-2-10(9(12)7-8)19(17,18)14-4-6-16-5-3-13-15-16/h1-3,5,7,14H,4,6H2. The predicted octanol–water partition coefficient (Wildman–Crippen LogP) is 1.16. The molecule has 1 aromatic heterocycles. The third-order valence-corrected chi connectivity index (χ3v) is 4.28. The maximum absolute atomic E-state index is 13.6. The Balaban J connectivity index is 2.05. The van der Waals surface area contributed by atoms with Crippen LogP contribution in [-0.2, 0) is 16.6 Å². The molecule has 1 aromatic carbocycles. The minimum absolute atomic E-state index is 0.0984. The van der Waals surface area contributed by atoms with Crippen molar-refractivity contribution in [3.63, 3.8) is 0 Å². The first-order valence-electron chi connectivity index (χ1n) is 5.28. The summed E-state index contributed by atoms with van der Waals surface area (Å²) in [6.45, 7) is 0.415. The van der Waals surface area contributed by atoms with Crippen LogP contribution in [0.3, 0.4) is 0 Å². The van der Waals surface area contributed by atoms with Crippen molar-refractivity contribution in [1.29, 1.82) is 0 Å². The van der Waals surface area contributed by atoms with Crippen molar-refractivity contribution in [2.45, 2.75) is 11.4 Å². The Hall–Kier alpha value is -1.32. The second-order valence-electron chi connectivity index (χ2n) is 3.64. The predicted molar refractivity (Wildman–Crippen MR) is 69.3 cm³/mol. The highest BCUT2D eigenvalue weighted by Gasteiger charge is 2.18. The van der Waals surface area contributed by atoms with Crippen LogP contribution in [0.15, 0.2) is 40.0 Å². The number of benzene rings is 1. The van der Waals surface area contributed by atoms with Crippen LogP contribution in [0.25, 0.3) is 0 Å². The molecule has 2 rings (SSSR count). The second-order valence-corrected chi connectivity index (χ2v) is 6.29. The van der Waals surface area contributed by atoms with E-state index in [4.69, 9.17) is 0 Å². The molecule has 0 bridgehead atoms. The third kappa shape index (κ3) is 3.58. The third-order valence-electron chi connectivity index (χ3n) is 2.29. The molecule has 0 fully saturated rings. The first-order chi connectivity index (χ1) is 8.99. The van der Waals surface area contributed by atoms with E-state index >= 15 is 0 Å². The Morgan fingerprint density at radius 2 is 2.21 bits per heavy atom. The van der Waals surface area contributed by atoms with Crippen molar-refractivity contribution < 1.29 is 12.8 Å². The van der Waals surface area contributed by atoms with Gasteiger partial charge in [-0.2, -0.15) is 0 Å². The van der Waals surface area contributed by atoms with Crippen LogP contribution in [0.1, 0.15) is 0 Å². The Labute approximate surface area is 117 Å². The van der Waals surface area contributed by atoms with Crippen molar-refractivity contribution in [1.82, 2.24) is 19.7 Å². The molecule has 19 heavy (non-hydrogen) atoms. The fraction of sp³-hybridized carbons (Fsp3) is 0.200. The summed E-state index contributed by atoms with van der Waals surface area (Å²) in [6, 6.07) is 3.78. The maximum atomic E-state index is 13.6. The zero-order valence-electron chi connectivity index (χ0n) is 9.62. The van der Waals surface area contributed by atoms with Gasteiger partial charge in [0, 0.05) is 17.2 Å². The van der Waals surface area contributed by atoms with Gasteiger partial charge in [0.1, 0.15) is 10.7 Å². The normalized spacial score (nSPS) is 11.7. The molecule has 1 heterocycles. The van der Waals surface area contributed by atoms with Crippen molar-refractivity contribution >= 4 is 26.0 Å². The van der Waals surface area contributed by atoms with Gasteiger partial charge in [0.05, 0.1) is 12.7 Å². The van der Waals surface area contributed by atoms with Gasteiger partial charge < -0.3 is 0 Å². The van der Waals surface area contributed by atoms with E-state index in [9.17, 15) is 12.8 Å². The molecule has 0 unspecified atom stereocenters. The van der Waals surface area contributed by atoms with Crippen LogP contribution < -0.4 is 4.72 Å². The minimum Gasteiger partial charge on any atom is -0.251 e. The van der Waals surface area contributed by atoms with Gasteiger partial charge in [-0.15, -0.1) is 5.10 Å². The molecule has 0 saturated carbocycles. The molecule has 0 aliphatic carbocycles. The molecule has 0 saturated heterocycles. The summed E-state index contributed by atoms with van der Waals surface area (Å²) in [5.74, 6) is -0.803. The molecule has 0 spiro atoms. The van der Waals surface area contributed by atoms with E-state index in [-0.39, 0.29) is 11.4 Å². The van der Waals surface area contributed by atoms with Gasteiger partial charge in [-0.3, -0.25) is 4.68 Å². The summed E-state index contributed by atoms with van der Waals surface area (Å²) >= 11 is 3.07. The number of sulfonamides is 1. The lowest BCUT2D eigenvalue weighted by Gasteiger charge is -2.07. The van der Waals surface area contributed by atoms with Crippen molar-refractivity contribution in [3.05, 3.63) is 40.9 Å². The highest BCUT2D eigenvalue weighted by Crippen LogP contribution is 2.19. The Morgan fingerprint density at radius 1 is 1.42 bits per heavy atom. The number of nitrogens with zero attached hydrogens (tertiary/aromatic N) is 3. The summed E-state index contributed by atoms with van der Waals surface area (Å²) in [5, 5.41) is 7.28. The maximum Gasteiger partial charge on any atom is 0.243 e. The van der Waals surface area contributed by atoms with Gasteiger partial charge in [0.25, 0.3) is 0 Å². The SMILES string of the molecule is O=S(=O)(NCCn1ccnn1)c1ccc(Br)cc1F. The van der Waals surface area contributed by atoms with E-state index in [1.165, 1.54) is 23.0 Å². The van der Waals surface area contributed by atoms with Gasteiger partial charge >= 0.3 is 0 Å². The fourth-order valence-electron chi connectivity index (χ4n) is 1.42. The summed E-state index contributed by atoms with van der Waals surface area (Å²) in [4.78, 5) is -0.380. The van der Waals surface area contributed by atoms with Crippen LogP contribution in [0, 0.1) is 5.82 Å². The van der Waals surface area contributed by atoms with Crippen molar-refractivity contribution in [3.8, 4) is 0 Å². The van der Waals surface area contributed by atoms with Crippen molar-refractivity contribution in [2.75, 3.05) is 6.54 Å². The van der Waals surface area contributed by atoms with E-state index in [1.807, 2.05) is 0 Å². The van der Waals surface area contributed by atoms with Gasteiger partial charge in [0.15, 0.2) is 0 Å². The number of nitrogens with one attached hydrogen (secondary N) is 1. The van der Waals surface area contributed by atoms with Gasteiger partial charge in [-0.25, -0.2) is 17.5 Å². The lowest BCUT2D eigenvalue weighted by atomic mass is 10.3. The van der Waals surface area contributed by atoms with Crippen LogP contribution in [0.5, 0.6) is 0 Å². The minimum atomic E-state index is -3.87. The first kappa shape index (κ1) is 14.1. The molecular formula is C10H10BrFN4O2S. The quantitative estimate of drug-likeness (QED) is 0.879. The average Bonchev–Trinajstić information content (AvgIpc) is 2.81. The van der Waals surface area contributed by atoms with E-state index in [2.05, 4.69) is 31.0 Å². The van der Waals surface area contributed by atoms with E-state index in [1.54, 1.807) is 6.20 Å². The molecule has 1 N–H and O–H groups in total. The fourth-order valence-corrected chi connectivity index (χ4v) is 2.83. The van der Waals surface area contributed by atoms with Crippen LogP contribution >= 0.6 is 15.9 Å². The lowest BCUT2D eigenvalue weighted by molar-refractivity contribution is 0.540. The highest BCUT2D eigenvalue weighted by molar-refractivity contribution is 9.10. The topological polar surface area (TPSA) is 76.9 Å². The highest BCUT2D eigenvalue weighted by atomic mass is 79.9. The van der Waals surface area contributed by atoms with Gasteiger partial charge in [-0.1, -0.05) is 21.1 Å². The summed E-state index contributed by atoms with van der Waals surface area (Å²) in [6.07, 6.45) is 3.09. The molecule has 0 aliphatic heterocycles. The largest absolute Gasteiger partial charge is 0.251 e. The molecule has 0 aliphatic rings. The lowest BCUT2D eigenvalue weighted by Crippen LogP contribution is -2.28. The Kier molecular flexibility index (Phi) is 4.27. The summed E-state index contributed by atoms with van der Waals surface area (Å²) in [5.41, 5.74) is 0. The number of rotatable bonds is 5. The summed E-state index contributed by atoms with van der Waals surface area (Å²) in [7, 11) is -3.87. The summed E-state index contributed by atoms with van der Waals surface area (Å²) < 4.78 is 41.6. The van der Waals surface area contributed by atoms with Gasteiger partial charge in [-0.05, 0) is 18.2 Å². The van der Waals surface area contributed by atoms with Crippen LogP contribution in [-0.4, -0.2) is 30.0 Å². The Morgan fingerprint density at radius 3 is 2.84 bits per heavy atom. The van der Waals surface area contributed by atoms with E-state index in [0.29, 0.717) is 11.0 Å². The number of aromatic nitrogens is 3. The number of hydrogen-bond acceptors (Lipinski definition) is 4. The average molecular weight is 349 g/mol. The van der Waals surface area contributed by atoms with Crippen molar-refractivity contribution in [2.24, 2.45) is 0 Å². The number of halogens is 2. The monoisotopic (exact) mass is 348 g/mol. The first-order valence-corrected chi connectivity index (χ1v) is 7.55. The molecule has 102 valence electrons. The van der Waals surface area contributed by atoms with Crippen LogP contribution in [0.2, 0.25) is 0 Å². The molecule has 0 atom stereocenters. The Bertz CT molecular complexity index is 660. The zero-order valence-corrected chi connectivity index (χ0v) is 12.0. The molecular weight excluding hydrogens is 339 g/mol. The number of hydrogen-bond donors (Lipinski definition) is 1. The second kappa shape index (κ2) is 5.76. The van der Waals surface area contributed by atoms with E-state index in [0.717, 1.165) is 6.07 Å². The van der Waals surface area contributed by atoms with Crippen LogP contribution in [0.4, 0.5) is 4.39 Å². The smallest absolute Gasteiger partial charge is 0.243 e. The van der Waals surface area contributed by atoms with E-state index < -0.39 is 15.8 Å². The zero-order chi connectivity index (χ0) is 13.9. The molecule has 0 radical (unpaired) electrons. The molecule has 9 heteroatoms. The van der Waals surface area contributed by atoms with Gasteiger partial charge in [0.2, 0.25) is 10.0 Å². The molecule has 6 nitrogen and oxygen atoms in total.